The van der Waals surface area contributed by atoms with E-state index < -0.39 is 18.4 Å². The van der Waals surface area contributed by atoms with Crippen LogP contribution in [0.15, 0.2) is 66.0 Å². The number of carbonyl (C=O) groups is 3. The van der Waals surface area contributed by atoms with E-state index in [1.807, 2.05) is 60.7 Å². The summed E-state index contributed by atoms with van der Waals surface area (Å²) >= 11 is 0. The first-order chi connectivity index (χ1) is 14.9. The molecule has 0 saturated heterocycles. The highest BCUT2D eigenvalue weighted by Gasteiger charge is 2.31. The largest absolute Gasteiger partial charge is 0.456 e. The molecular weight excluding hydrogens is 396 g/mol. The summed E-state index contributed by atoms with van der Waals surface area (Å²) in [5, 5.41) is 12.0. The number of Topliss-reactive ketones (excluding diaryl/α,β-unsaturated/α-hetero) is 1. The van der Waals surface area contributed by atoms with Crippen LogP contribution in [0.5, 0.6) is 0 Å². The van der Waals surface area contributed by atoms with Crippen LogP contribution in [0.25, 0.3) is 0 Å². The highest BCUT2D eigenvalue weighted by atomic mass is 16.5. The Morgan fingerprint density at radius 1 is 0.968 bits per heavy atom. The van der Waals surface area contributed by atoms with Crippen LogP contribution in [0.3, 0.4) is 0 Å². The minimum Gasteiger partial charge on any atom is -0.456 e. The van der Waals surface area contributed by atoms with Crippen molar-refractivity contribution in [3.8, 4) is 6.07 Å². The zero-order valence-corrected chi connectivity index (χ0v) is 17.3. The predicted octanol–water partition coefficient (Wildman–Crippen LogP) is 1.78. The van der Waals surface area contributed by atoms with Crippen molar-refractivity contribution in [2.24, 2.45) is 0 Å². The third-order valence-electron chi connectivity index (χ3n) is 4.86. The number of nitriles is 1. The van der Waals surface area contributed by atoms with E-state index in [0.717, 1.165) is 16.9 Å². The second-order valence-corrected chi connectivity index (χ2v) is 6.94. The van der Waals surface area contributed by atoms with E-state index in [9.17, 15) is 19.6 Å². The number of fused-ring (bicyclic) bond motifs is 1. The molecule has 158 valence electrons. The highest BCUT2D eigenvalue weighted by molar-refractivity contribution is 6.04. The van der Waals surface area contributed by atoms with Crippen molar-refractivity contribution < 1.29 is 19.1 Å². The number of anilines is 2. The fraction of sp³-hybridized carbons (Fsp3) is 0.217. The van der Waals surface area contributed by atoms with Gasteiger partial charge in [-0.2, -0.15) is 5.26 Å². The molecule has 1 heterocycles. The summed E-state index contributed by atoms with van der Waals surface area (Å²) in [5.74, 6) is -1.29. The van der Waals surface area contributed by atoms with E-state index >= 15 is 0 Å². The average molecular weight is 418 g/mol. The minimum absolute atomic E-state index is 0.109. The van der Waals surface area contributed by atoms with Crippen LogP contribution in [0.4, 0.5) is 11.4 Å². The minimum atomic E-state index is -0.756. The molecule has 1 N–H and O–H groups in total. The molecule has 2 aromatic rings. The van der Waals surface area contributed by atoms with Gasteiger partial charge in [-0.1, -0.05) is 42.5 Å². The number of hydrogen-bond acceptors (Lipinski definition) is 7. The van der Waals surface area contributed by atoms with E-state index in [1.54, 1.807) is 23.9 Å². The molecule has 0 aliphatic carbocycles. The molecule has 0 aromatic heterocycles. The van der Waals surface area contributed by atoms with Gasteiger partial charge >= 0.3 is 5.97 Å². The van der Waals surface area contributed by atoms with Gasteiger partial charge in [0.05, 0.1) is 17.8 Å². The summed E-state index contributed by atoms with van der Waals surface area (Å²) in [4.78, 5) is 39.9. The van der Waals surface area contributed by atoms with Gasteiger partial charge in [-0.25, -0.2) is 0 Å². The van der Waals surface area contributed by atoms with Crippen LogP contribution in [0, 0.1) is 11.3 Å². The van der Waals surface area contributed by atoms with E-state index in [-0.39, 0.29) is 24.4 Å². The standard InChI is InChI=1S/C23H22N4O4/c1-26-18-10-6-7-11-19(18)27(2)23(26)17(13-24)20(28)15-31-22(30)14-25-21(29)12-16-8-4-3-5-9-16/h3-11H,12,14-15H2,1-2H3,(H,25,29). The number of benzene rings is 2. The Morgan fingerprint density at radius 2 is 1.55 bits per heavy atom. The van der Waals surface area contributed by atoms with Crippen molar-refractivity contribution >= 4 is 29.0 Å². The summed E-state index contributed by atoms with van der Waals surface area (Å²) in [7, 11) is 3.52. The second-order valence-electron chi connectivity index (χ2n) is 6.94. The molecule has 0 bridgehead atoms. The Balaban J connectivity index is 1.56. The fourth-order valence-corrected chi connectivity index (χ4v) is 3.34. The fourth-order valence-electron chi connectivity index (χ4n) is 3.34. The molecule has 0 fully saturated rings. The van der Waals surface area contributed by atoms with Gasteiger partial charge in [0, 0.05) is 14.1 Å². The summed E-state index contributed by atoms with van der Waals surface area (Å²) in [6.07, 6.45) is 0.136. The molecule has 1 amide bonds. The molecular formula is C23H22N4O4. The maximum absolute atomic E-state index is 12.6. The molecule has 8 nitrogen and oxygen atoms in total. The molecule has 0 radical (unpaired) electrons. The van der Waals surface area contributed by atoms with Crippen molar-refractivity contribution in [1.29, 1.82) is 5.26 Å². The number of amides is 1. The lowest BCUT2D eigenvalue weighted by molar-refractivity contribution is -0.146. The van der Waals surface area contributed by atoms with Crippen molar-refractivity contribution in [2.45, 2.75) is 6.42 Å². The lowest BCUT2D eigenvalue weighted by Gasteiger charge is -2.19. The van der Waals surface area contributed by atoms with Gasteiger partial charge in [0.1, 0.15) is 24.0 Å². The van der Waals surface area contributed by atoms with Crippen LogP contribution >= 0.6 is 0 Å². The molecule has 8 heteroatoms. The van der Waals surface area contributed by atoms with E-state index in [0.29, 0.717) is 5.82 Å². The Bertz CT molecular complexity index is 1040. The quantitative estimate of drug-likeness (QED) is 0.415. The van der Waals surface area contributed by atoms with E-state index in [1.165, 1.54) is 0 Å². The number of ether oxygens (including phenoxy) is 1. The maximum Gasteiger partial charge on any atom is 0.325 e. The molecule has 0 unspecified atom stereocenters. The predicted molar refractivity (Wildman–Crippen MR) is 115 cm³/mol. The van der Waals surface area contributed by atoms with Crippen molar-refractivity contribution in [1.82, 2.24) is 5.32 Å². The van der Waals surface area contributed by atoms with Crippen LogP contribution in [-0.4, -0.2) is 44.9 Å². The number of esters is 1. The first kappa shape index (κ1) is 21.6. The zero-order valence-electron chi connectivity index (χ0n) is 17.3. The molecule has 3 rings (SSSR count). The number of nitrogens with one attached hydrogen (secondary N) is 1. The lowest BCUT2D eigenvalue weighted by atomic mass is 10.1. The molecule has 1 aliphatic rings. The number of rotatable bonds is 7. The first-order valence-corrected chi connectivity index (χ1v) is 9.62. The summed E-state index contributed by atoms with van der Waals surface area (Å²) in [6.45, 7) is -0.944. The van der Waals surface area contributed by atoms with Gasteiger partial charge in [0.15, 0.2) is 6.61 Å². The number of nitrogens with zero attached hydrogens (tertiary/aromatic N) is 3. The molecule has 2 aromatic carbocycles. The normalized spacial score (nSPS) is 12.1. The first-order valence-electron chi connectivity index (χ1n) is 9.62. The third-order valence-corrected chi connectivity index (χ3v) is 4.86. The molecule has 0 saturated carbocycles. The number of ketones is 1. The van der Waals surface area contributed by atoms with Crippen LogP contribution < -0.4 is 15.1 Å². The Labute approximate surface area is 180 Å². The molecule has 0 spiro atoms. The van der Waals surface area contributed by atoms with Crippen LogP contribution in [-0.2, 0) is 25.5 Å². The van der Waals surface area contributed by atoms with Gasteiger partial charge in [0.25, 0.3) is 0 Å². The molecule has 0 atom stereocenters. The van der Waals surface area contributed by atoms with Gasteiger partial charge in [-0.15, -0.1) is 0 Å². The molecule has 31 heavy (non-hydrogen) atoms. The summed E-state index contributed by atoms with van der Waals surface area (Å²) in [6, 6.07) is 18.5. The van der Waals surface area contributed by atoms with Crippen LogP contribution in [0.1, 0.15) is 5.56 Å². The van der Waals surface area contributed by atoms with Crippen molar-refractivity contribution in [2.75, 3.05) is 37.0 Å². The monoisotopic (exact) mass is 418 g/mol. The number of hydrogen-bond donors (Lipinski definition) is 1. The lowest BCUT2D eigenvalue weighted by Crippen LogP contribution is -2.33. The summed E-state index contributed by atoms with van der Waals surface area (Å²) in [5.41, 5.74) is 2.43. The SMILES string of the molecule is CN1C(=C(C#N)C(=O)COC(=O)CNC(=O)Cc2ccccc2)N(C)c2ccccc21. The molecule has 1 aliphatic heterocycles. The third kappa shape index (κ3) is 4.90. The topological polar surface area (TPSA) is 103 Å². The average Bonchev–Trinajstić information content (AvgIpc) is 3.03. The Kier molecular flexibility index (Phi) is 6.67. The highest BCUT2D eigenvalue weighted by Crippen LogP contribution is 2.40. The smallest absolute Gasteiger partial charge is 0.325 e. The summed E-state index contributed by atoms with van der Waals surface area (Å²) < 4.78 is 4.97. The van der Waals surface area contributed by atoms with Gasteiger partial charge in [-0.05, 0) is 17.7 Å². The van der Waals surface area contributed by atoms with Gasteiger partial charge in [-0.3, -0.25) is 14.4 Å². The number of carbonyl (C=O) groups excluding carboxylic acids is 3. The van der Waals surface area contributed by atoms with Gasteiger partial charge in [0.2, 0.25) is 11.7 Å². The zero-order chi connectivity index (χ0) is 22.4. The van der Waals surface area contributed by atoms with Gasteiger partial charge < -0.3 is 19.9 Å². The second kappa shape index (κ2) is 9.59. The number of para-hydroxylation sites is 2. The van der Waals surface area contributed by atoms with Crippen LogP contribution in [0.2, 0.25) is 0 Å². The van der Waals surface area contributed by atoms with Crippen molar-refractivity contribution in [3.63, 3.8) is 0 Å². The van der Waals surface area contributed by atoms with E-state index in [4.69, 9.17) is 4.74 Å². The Hall–Kier alpha value is -4.12. The van der Waals surface area contributed by atoms with E-state index in [2.05, 4.69) is 5.32 Å². The van der Waals surface area contributed by atoms with Crippen molar-refractivity contribution in [3.05, 3.63) is 71.6 Å². The maximum atomic E-state index is 12.6. The Morgan fingerprint density at radius 3 is 2.13 bits per heavy atom.